The third-order valence-electron chi connectivity index (χ3n) is 4.65. The molecule has 0 radical (unpaired) electrons. The smallest absolute Gasteiger partial charge is 0.0893 e. The normalized spacial score (nSPS) is 11.9. The van der Waals surface area contributed by atoms with Crippen molar-refractivity contribution in [2.24, 2.45) is 0 Å². The largest absolute Gasteiger partial charge is 0.473 e. The molecule has 0 aliphatic heterocycles. The molecule has 2 N–H and O–H groups in total. The van der Waals surface area contributed by atoms with Gasteiger partial charge in [0.25, 0.3) is 0 Å². The zero-order chi connectivity index (χ0) is 20.6. The van der Waals surface area contributed by atoms with Crippen molar-refractivity contribution in [3.05, 3.63) is 23.7 Å². The molecule has 0 aromatic heterocycles. The molecule has 0 aliphatic carbocycles. The van der Waals surface area contributed by atoms with Crippen LogP contribution in [0.15, 0.2) is 23.7 Å². The maximum Gasteiger partial charge on any atom is 0.0893 e. The highest BCUT2D eigenvalue weighted by Gasteiger charge is 1.96. The van der Waals surface area contributed by atoms with E-state index in [-0.39, 0.29) is 0 Å². The van der Waals surface area contributed by atoms with Crippen LogP contribution in [0.2, 0.25) is 0 Å². The van der Waals surface area contributed by atoms with Gasteiger partial charge in [0.05, 0.1) is 12.5 Å². The molecule has 162 valence electrons. The fraction of sp³-hybridized carbons (Fsp3) is 0.833. The first kappa shape index (κ1) is 28.4. The van der Waals surface area contributed by atoms with Crippen LogP contribution in [-0.2, 0) is 4.74 Å². The predicted octanol–water partition coefficient (Wildman–Crippen LogP) is 7.28. The number of rotatable bonds is 17. The second-order valence-electron chi connectivity index (χ2n) is 7.17. The molecule has 27 heavy (non-hydrogen) atoms. The van der Waals surface area contributed by atoms with Gasteiger partial charge in [-0.2, -0.15) is 0 Å². The molecule has 0 rings (SSSR count). The number of allylic oxidation sites excluding steroid dienone is 2. The number of ether oxygens (including phenoxy) is 1. The summed E-state index contributed by atoms with van der Waals surface area (Å²) in [7, 11) is 0. The summed E-state index contributed by atoms with van der Waals surface area (Å²) in [4.78, 5) is 0. The molecule has 0 saturated heterocycles. The summed E-state index contributed by atoms with van der Waals surface area (Å²) in [6.07, 6.45) is 20.0. The number of hydrogen-bond acceptors (Lipinski definition) is 3. The zero-order valence-corrected chi connectivity index (χ0v) is 18.8. The first-order valence-electron chi connectivity index (χ1n) is 11.4. The van der Waals surface area contributed by atoms with Gasteiger partial charge in [-0.25, -0.2) is 0 Å². The molecule has 3 heteroatoms. The van der Waals surface area contributed by atoms with E-state index < -0.39 is 0 Å². The van der Waals surface area contributed by atoms with Crippen LogP contribution in [0, 0.1) is 0 Å². The third kappa shape index (κ3) is 23.2. The Kier molecular flexibility index (Phi) is 26.5. The van der Waals surface area contributed by atoms with Gasteiger partial charge in [0.1, 0.15) is 0 Å². The van der Waals surface area contributed by atoms with E-state index >= 15 is 0 Å². The Balaban J connectivity index is 0. The van der Waals surface area contributed by atoms with Crippen LogP contribution in [0.4, 0.5) is 0 Å². The summed E-state index contributed by atoms with van der Waals surface area (Å²) in [5, 5.41) is 16.9. The van der Waals surface area contributed by atoms with E-state index in [0.29, 0.717) is 13.2 Å². The third-order valence-corrected chi connectivity index (χ3v) is 4.65. The molecule has 0 aliphatic rings. The van der Waals surface area contributed by atoms with E-state index in [1.165, 1.54) is 62.5 Å². The molecule has 0 bridgehead atoms. The van der Waals surface area contributed by atoms with Gasteiger partial charge in [0, 0.05) is 13.2 Å². The van der Waals surface area contributed by atoms with Crippen molar-refractivity contribution >= 4 is 0 Å². The molecule has 0 fully saturated rings. The number of hydrogen-bond donors (Lipinski definition) is 2. The van der Waals surface area contributed by atoms with Crippen LogP contribution in [0.5, 0.6) is 0 Å². The average Bonchev–Trinajstić information content (AvgIpc) is 2.70. The monoisotopic (exact) mass is 384 g/mol. The van der Waals surface area contributed by atoms with Gasteiger partial charge in [-0.3, -0.25) is 0 Å². The standard InChI is InChI=1S/C16H30O.C8H18O2/c1-5-9-11-15(7-3)13-17-14-16(8-4)12-10-6-2;9-7-5-3-1-2-4-6-8-10/h13-14H,5-12H2,1-4H3;9-10H,1-8H2. The van der Waals surface area contributed by atoms with Crippen molar-refractivity contribution in [1.82, 2.24) is 0 Å². The minimum atomic E-state index is 0.319. The molecule has 0 amide bonds. The maximum absolute atomic E-state index is 8.43. The molecule has 0 unspecified atom stereocenters. The minimum absolute atomic E-state index is 0.319. The second-order valence-corrected chi connectivity index (χ2v) is 7.17. The lowest BCUT2D eigenvalue weighted by Crippen LogP contribution is -1.86. The molecule has 0 spiro atoms. The lowest BCUT2D eigenvalue weighted by molar-refractivity contribution is 0.275. The Hall–Kier alpha value is -0.800. The molecule has 0 aromatic rings. The Bertz CT molecular complexity index is 303. The number of unbranched alkanes of at least 4 members (excludes halogenated alkanes) is 7. The molecular formula is C24H48O3. The van der Waals surface area contributed by atoms with Gasteiger partial charge < -0.3 is 14.9 Å². The fourth-order valence-corrected chi connectivity index (χ4v) is 2.60. The summed E-state index contributed by atoms with van der Waals surface area (Å²) < 4.78 is 5.61. The number of aliphatic hydroxyl groups excluding tert-OH is 2. The highest BCUT2D eigenvalue weighted by Crippen LogP contribution is 2.14. The van der Waals surface area contributed by atoms with Crippen molar-refractivity contribution in [2.45, 2.75) is 118 Å². The van der Waals surface area contributed by atoms with Crippen LogP contribution < -0.4 is 0 Å². The molecule has 0 aromatic carbocycles. The SMILES string of the molecule is CCCCC(=COC=C(CC)CCCC)CC.OCCCCCCCCO. The first-order valence-corrected chi connectivity index (χ1v) is 11.4. The van der Waals surface area contributed by atoms with Crippen LogP contribution in [0.1, 0.15) is 118 Å². The highest BCUT2D eigenvalue weighted by molar-refractivity contribution is 5.01. The Morgan fingerprint density at radius 3 is 1.26 bits per heavy atom. The van der Waals surface area contributed by atoms with E-state index in [2.05, 4.69) is 27.7 Å². The summed E-state index contributed by atoms with van der Waals surface area (Å²) in [5.41, 5.74) is 2.85. The lowest BCUT2D eigenvalue weighted by Gasteiger charge is -2.05. The van der Waals surface area contributed by atoms with Crippen molar-refractivity contribution in [3.63, 3.8) is 0 Å². The van der Waals surface area contributed by atoms with Gasteiger partial charge in [0.2, 0.25) is 0 Å². The molecule has 0 atom stereocenters. The van der Waals surface area contributed by atoms with Gasteiger partial charge in [-0.05, 0) is 62.5 Å². The molecule has 0 saturated carbocycles. The van der Waals surface area contributed by atoms with Crippen LogP contribution >= 0.6 is 0 Å². The van der Waals surface area contributed by atoms with E-state index in [1.54, 1.807) is 0 Å². The van der Waals surface area contributed by atoms with Crippen molar-refractivity contribution in [2.75, 3.05) is 13.2 Å². The van der Waals surface area contributed by atoms with Crippen molar-refractivity contribution < 1.29 is 14.9 Å². The van der Waals surface area contributed by atoms with E-state index in [9.17, 15) is 0 Å². The quantitative estimate of drug-likeness (QED) is 0.204. The van der Waals surface area contributed by atoms with Gasteiger partial charge in [-0.15, -0.1) is 0 Å². The lowest BCUT2D eigenvalue weighted by atomic mass is 10.1. The van der Waals surface area contributed by atoms with Gasteiger partial charge in [-0.1, -0.05) is 66.2 Å². The number of aliphatic hydroxyl groups is 2. The Labute approximate surface area is 169 Å². The summed E-state index contributed by atoms with van der Waals surface area (Å²) in [6.45, 7) is 9.50. The van der Waals surface area contributed by atoms with Crippen LogP contribution in [0.25, 0.3) is 0 Å². The Morgan fingerprint density at radius 2 is 0.963 bits per heavy atom. The van der Waals surface area contributed by atoms with E-state index in [0.717, 1.165) is 38.5 Å². The molecule has 0 heterocycles. The van der Waals surface area contributed by atoms with Crippen LogP contribution in [-0.4, -0.2) is 23.4 Å². The molecular weight excluding hydrogens is 336 g/mol. The Morgan fingerprint density at radius 1 is 0.593 bits per heavy atom. The van der Waals surface area contributed by atoms with E-state index in [1.807, 2.05) is 12.5 Å². The molecule has 3 nitrogen and oxygen atoms in total. The predicted molar refractivity (Wildman–Crippen MR) is 119 cm³/mol. The van der Waals surface area contributed by atoms with Crippen molar-refractivity contribution in [3.8, 4) is 0 Å². The summed E-state index contributed by atoms with van der Waals surface area (Å²) >= 11 is 0. The van der Waals surface area contributed by atoms with Gasteiger partial charge >= 0.3 is 0 Å². The van der Waals surface area contributed by atoms with E-state index in [4.69, 9.17) is 14.9 Å². The minimum Gasteiger partial charge on any atom is -0.473 e. The maximum atomic E-state index is 8.43. The van der Waals surface area contributed by atoms with Crippen molar-refractivity contribution in [1.29, 1.82) is 0 Å². The van der Waals surface area contributed by atoms with Gasteiger partial charge in [0.15, 0.2) is 0 Å². The van der Waals surface area contributed by atoms with Crippen LogP contribution in [0.3, 0.4) is 0 Å². The summed E-state index contributed by atoms with van der Waals surface area (Å²) in [6, 6.07) is 0. The average molecular weight is 385 g/mol. The topological polar surface area (TPSA) is 49.7 Å². The summed E-state index contributed by atoms with van der Waals surface area (Å²) in [5.74, 6) is 0. The highest BCUT2D eigenvalue weighted by atomic mass is 16.5. The fourth-order valence-electron chi connectivity index (χ4n) is 2.60. The first-order chi connectivity index (χ1) is 13.2. The second kappa shape index (κ2) is 25.2. The zero-order valence-electron chi connectivity index (χ0n) is 18.8.